The number of carbonyl (C=O) groups is 2. The first-order valence-electron chi connectivity index (χ1n) is 11.4. The minimum Gasteiger partial charge on any atom is -0.342 e. The van der Waals surface area contributed by atoms with Crippen LogP contribution < -0.4 is 9.62 Å². The quantitative estimate of drug-likeness (QED) is 0.504. The van der Waals surface area contributed by atoms with Crippen LogP contribution in [0.2, 0.25) is 0 Å². The third-order valence-corrected chi connectivity index (χ3v) is 10.0. The van der Waals surface area contributed by atoms with E-state index in [1.807, 2.05) is 42.5 Å². The number of benzene rings is 3. The van der Waals surface area contributed by atoms with Crippen molar-refractivity contribution in [2.75, 3.05) is 4.31 Å². The van der Waals surface area contributed by atoms with Crippen molar-refractivity contribution in [3.05, 3.63) is 96.1 Å². The van der Waals surface area contributed by atoms with Gasteiger partial charge in [-0.15, -0.1) is 0 Å². The standard InChI is InChI=1S/C26H22BrN3O4S/c27-26-16-22-23(31)28-20(15-17-9-3-1-4-10-17)24(32)29(22)25(26)30(21-14-8-7-13-19(21)26)35(33,34)18-11-5-2-6-12-18/h1-14,20,22,25H,15-16H2,(H,28,31)/t20-,22+,25+,26+/m0/s1. The molecule has 3 aliphatic rings. The van der Waals surface area contributed by atoms with E-state index in [9.17, 15) is 18.0 Å². The molecule has 0 radical (unpaired) electrons. The van der Waals surface area contributed by atoms with E-state index in [1.165, 1.54) is 9.21 Å². The minimum atomic E-state index is -4.03. The van der Waals surface area contributed by atoms with Crippen molar-refractivity contribution in [2.24, 2.45) is 0 Å². The number of para-hydroxylation sites is 1. The lowest BCUT2D eigenvalue weighted by molar-refractivity contribution is -0.148. The number of alkyl halides is 1. The first-order chi connectivity index (χ1) is 16.8. The molecule has 2 amide bonds. The molecule has 7 nitrogen and oxygen atoms in total. The molecule has 0 bridgehead atoms. The molecule has 2 saturated heterocycles. The van der Waals surface area contributed by atoms with Gasteiger partial charge in [-0.3, -0.25) is 9.59 Å². The second-order valence-electron chi connectivity index (χ2n) is 9.08. The smallest absolute Gasteiger partial charge is 0.266 e. The number of sulfonamides is 1. The minimum absolute atomic E-state index is 0.129. The van der Waals surface area contributed by atoms with Crippen molar-refractivity contribution in [2.45, 2.75) is 40.3 Å². The van der Waals surface area contributed by atoms with Crippen LogP contribution in [0, 0.1) is 0 Å². The number of anilines is 1. The van der Waals surface area contributed by atoms with Crippen LogP contribution in [0.3, 0.4) is 0 Å². The summed E-state index contributed by atoms with van der Waals surface area (Å²) in [5.74, 6) is -0.556. The third kappa shape index (κ3) is 3.25. The van der Waals surface area contributed by atoms with E-state index in [4.69, 9.17) is 0 Å². The molecule has 9 heteroatoms. The average molecular weight is 552 g/mol. The molecule has 3 aromatic rings. The van der Waals surface area contributed by atoms with Crippen LogP contribution in [0.1, 0.15) is 17.5 Å². The summed E-state index contributed by atoms with van der Waals surface area (Å²) in [5, 5.41) is 2.88. The Bertz CT molecular complexity index is 1430. The Morgan fingerprint density at radius 3 is 2.26 bits per heavy atom. The summed E-state index contributed by atoms with van der Waals surface area (Å²) in [4.78, 5) is 28.7. The molecular weight excluding hydrogens is 530 g/mol. The van der Waals surface area contributed by atoms with Crippen LogP contribution in [0.25, 0.3) is 0 Å². The number of hydrogen-bond acceptors (Lipinski definition) is 4. The number of rotatable bonds is 4. The van der Waals surface area contributed by atoms with Crippen molar-refractivity contribution in [1.82, 2.24) is 10.2 Å². The number of nitrogens with zero attached hydrogens (tertiary/aromatic N) is 2. The Morgan fingerprint density at radius 2 is 1.54 bits per heavy atom. The molecule has 35 heavy (non-hydrogen) atoms. The second kappa shape index (κ2) is 7.93. The molecule has 0 saturated carbocycles. The topological polar surface area (TPSA) is 86.8 Å². The Kier molecular flexibility index (Phi) is 5.05. The van der Waals surface area contributed by atoms with Gasteiger partial charge in [0, 0.05) is 12.8 Å². The first-order valence-corrected chi connectivity index (χ1v) is 13.6. The van der Waals surface area contributed by atoms with Gasteiger partial charge in [0.1, 0.15) is 18.2 Å². The van der Waals surface area contributed by atoms with Gasteiger partial charge in [-0.1, -0.05) is 82.7 Å². The number of carbonyl (C=O) groups excluding carboxylic acids is 2. The lowest BCUT2D eigenvalue weighted by atomic mass is 9.95. The Hall–Kier alpha value is -3.17. The summed E-state index contributed by atoms with van der Waals surface area (Å²) in [6.45, 7) is 0. The van der Waals surface area contributed by atoms with Crippen molar-refractivity contribution in [1.29, 1.82) is 0 Å². The fraction of sp³-hybridized carbons (Fsp3) is 0.231. The molecule has 0 aliphatic carbocycles. The van der Waals surface area contributed by atoms with E-state index in [2.05, 4.69) is 21.2 Å². The highest BCUT2D eigenvalue weighted by Crippen LogP contribution is 2.59. The Morgan fingerprint density at radius 1 is 0.914 bits per heavy atom. The van der Waals surface area contributed by atoms with Crippen LogP contribution in [0.5, 0.6) is 0 Å². The van der Waals surface area contributed by atoms with Gasteiger partial charge in [0.15, 0.2) is 0 Å². The molecule has 2 fully saturated rings. The highest BCUT2D eigenvalue weighted by Gasteiger charge is 2.66. The van der Waals surface area contributed by atoms with Crippen LogP contribution in [-0.4, -0.2) is 43.4 Å². The van der Waals surface area contributed by atoms with Crippen molar-refractivity contribution < 1.29 is 18.0 Å². The molecule has 6 rings (SSSR count). The summed E-state index contributed by atoms with van der Waals surface area (Å²) >= 11 is 3.83. The van der Waals surface area contributed by atoms with E-state index >= 15 is 0 Å². The van der Waals surface area contributed by atoms with E-state index in [1.54, 1.807) is 42.5 Å². The summed E-state index contributed by atoms with van der Waals surface area (Å²) in [6, 6.07) is 23.3. The fourth-order valence-electron chi connectivity index (χ4n) is 5.53. The Balaban J connectivity index is 1.47. The van der Waals surface area contributed by atoms with Gasteiger partial charge in [0.05, 0.1) is 14.9 Å². The lowest BCUT2D eigenvalue weighted by Crippen LogP contribution is -2.66. The third-order valence-electron chi connectivity index (χ3n) is 7.06. The molecule has 3 aliphatic heterocycles. The van der Waals surface area contributed by atoms with Crippen LogP contribution in [0.4, 0.5) is 5.69 Å². The summed E-state index contributed by atoms with van der Waals surface area (Å²) in [6.07, 6.45) is -0.313. The molecular formula is C26H22BrN3O4S. The number of amides is 2. The van der Waals surface area contributed by atoms with Gasteiger partial charge in [0.25, 0.3) is 10.0 Å². The zero-order valence-corrected chi connectivity index (χ0v) is 20.9. The maximum Gasteiger partial charge on any atom is 0.266 e. The van der Waals surface area contributed by atoms with E-state index in [-0.39, 0.29) is 23.1 Å². The van der Waals surface area contributed by atoms with Crippen molar-refractivity contribution in [3.63, 3.8) is 0 Å². The zero-order chi connectivity index (χ0) is 24.4. The highest BCUT2D eigenvalue weighted by atomic mass is 79.9. The molecule has 0 spiro atoms. The Labute approximate surface area is 211 Å². The monoisotopic (exact) mass is 551 g/mol. The highest BCUT2D eigenvalue weighted by molar-refractivity contribution is 9.09. The van der Waals surface area contributed by atoms with Gasteiger partial charge < -0.3 is 10.2 Å². The van der Waals surface area contributed by atoms with Crippen LogP contribution in [-0.2, 0) is 30.4 Å². The number of hydrogen-bond donors (Lipinski definition) is 1. The predicted octanol–water partition coefficient (Wildman–Crippen LogP) is 3.15. The number of fused-ring (bicyclic) bond motifs is 5. The van der Waals surface area contributed by atoms with Crippen LogP contribution >= 0.6 is 15.9 Å². The van der Waals surface area contributed by atoms with Gasteiger partial charge in [0.2, 0.25) is 11.8 Å². The van der Waals surface area contributed by atoms with E-state index in [0.29, 0.717) is 12.1 Å². The molecule has 4 atom stereocenters. The molecule has 0 aromatic heterocycles. The number of nitrogens with one attached hydrogen (secondary N) is 1. The summed E-state index contributed by atoms with van der Waals surface area (Å²) < 4.78 is 28.4. The predicted molar refractivity (Wildman–Crippen MR) is 134 cm³/mol. The lowest BCUT2D eigenvalue weighted by Gasteiger charge is -2.41. The van der Waals surface area contributed by atoms with Crippen LogP contribution in [0.15, 0.2) is 89.8 Å². The first kappa shape index (κ1) is 22.3. The van der Waals surface area contributed by atoms with Crippen molar-refractivity contribution in [3.8, 4) is 0 Å². The SMILES string of the molecule is O=C1N[C@@H](Cc2ccccc2)C(=O)N2[C@@H]1C[C@@]1(Br)c3ccccc3N(S(=O)(=O)c3ccccc3)[C@@H]21. The summed E-state index contributed by atoms with van der Waals surface area (Å²) in [5.41, 5.74) is 2.17. The maximum atomic E-state index is 14.0. The average Bonchev–Trinajstić information content (AvgIpc) is 3.31. The molecule has 1 N–H and O–H groups in total. The maximum absolute atomic E-state index is 14.0. The molecule has 3 heterocycles. The number of piperazine rings is 1. The normalized spacial score (nSPS) is 27.3. The van der Waals surface area contributed by atoms with Gasteiger partial charge in [-0.2, -0.15) is 0 Å². The summed E-state index contributed by atoms with van der Waals surface area (Å²) in [7, 11) is -4.03. The largest absolute Gasteiger partial charge is 0.342 e. The van der Waals surface area contributed by atoms with E-state index in [0.717, 1.165) is 11.1 Å². The van der Waals surface area contributed by atoms with Gasteiger partial charge in [-0.25, -0.2) is 12.7 Å². The molecule has 0 unspecified atom stereocenters. The van der Waals surface area contributed by atoms with E-state index < -0.39 is 32.6 Å². The molecule has 3 aromatic carbocycles. The number of halogens is 1. The second-order valence-corrected chi connectivity index (χ2v) is 12.3. The zero-order valence-electron chi connectivity index (χ0n) is 18.5. The fourth-order valence-corrected chi connectivity index (χ4v) is 8.42. The molecule has 178 valence electrons. The van der Waals surface area contributed by atoms with Crippen molar-refractivity contribution >= 4 is 43.5 Å². The van der Waals surface area contributed by atoms with Gasteiger partial charge >= 0.3 is 0 Å². The van der Waals surface area contributed by atoms with Gasteiger partial charge in [-0.05, 0) is 29.3 Å².